The van der Waals surface area contributed by atoms with Crippen LogP contribution in [-0.2, 0) is 0 Å². The average molecular weight is 404 g/mol. The second-order valence-corrected chi connectivity index (χ2v) is 6.70. The normalized spacial score (nSPS) is 14.9. The Balaban J connectivity index is 1.62. The van der Waals surface area contributed by atoms with Crippen molar-refractivity contribution < 1.29 is 0 Å². The fourth-order valence-electron chi connectivity index (χ4n) is 2.50. The van der Waals surface area contributed by atoms with Gasteiger partial charge in [-0.1, -0.05) is 40.2 Å². The molecule has 2 heterocycles. The van der Waals surface area contributed by atoms with Gasteiger partial charge in [0.2, 0.25) is 5.11 Å². The van der Waals surface area contributed by atoms with Crippen molar-refractivity contribution in [3.63, 3.8) is 0 Å². The highest BCUT2D eigenvalue weighted by Crippen LogP contribution is 2.26. The van der Waals surface area contributed by atoms with Crippen molar-refractivity contribution in [1.82, 2.24) is 20.8 Å². The summed E-state index contributed by atoms with van der Waals surface area (Å²) in [7, 11) is 0. The third kappa shape index (κ3) is 4.59. The molecule has 0 radical (unpaired) electrons. The van der Waals surface area contributed by atoms with Gasteiger partial charge in [-0.05, 0) is 43.3 Å². The maximum atomic E-state index is 5.22. The van der Waals surface area contributed by atoms with E-state index in [1.807, 2.05) is 42.5 Å². The lowest BCUT2D eigenvalue weighted by Crippen LogP contribution is -2.44. The van der Waals surface area contributed by atoms with Gasteiger partial charge in [-0.2, -0.15) is 5.10 Å². The summed E-state index contributed by atoms with van der Waals surface area (Å²) in [6, 6.07) is 13.9. The lowest BCUT2D eigenvalue weighted by atomic mass is 10.1. The van der Waals surface area contributed by atoms with Crippen LogP contribution in [0.2, 0.25) is 0 Å². The summed E-state index contributed by atoms with van der Waals surface area (Å²) in [5.41, 5.74) is 8.66. The minimum Gasteiger partial charge on any atom is -0.294 e. The Morgan fingerprint density at radius 2 is 1.96 bits per heavy atom. The highest BCUT2D eigenvalue weighted by atomic mass is 79.9. The second-order valence-electron chi connectivity index (χ2n) is 5.43. The summed E-state index contributed by atoms with van der Waals surface area (Å²) in [6.07, 6.45) is 4.06. The molecule has 124 valence electrons. The molecule has 0 spiro atoms. The minimum absolute atomic E-state index is 0.495. The first kappa shape index (κ1) is 17.0. The van der Waals surface area contributed by atoms with Crippen molar-refractivity contribution in [3.05, 3.63) is 52.6 Å². The summed E-state index contributed by atoms with van der Waals surface area (Å²) in [5, 5.41) is 6.75. The van der Waals surface area contributed by atoms with Crippen LogP contribution >= 0.6 is 28.1 Å². The number of hydrogen-bond acceptors (Lipinski definition) is 4. The van der Waals surface area contributed by atoms with Gasteiger partial charge in [-0.3, -0.25) is 10.9 Å². The van der Waals surface area contributed by atoms with Gasteiger partial charge < -0.3 is 0 Å². The highest BCUT2D eigenvalue weighted by molar-refractivity contribution is 9.10. The first-order valence-corrected chi connectivity index (χ1v) is 8.99. The molecule has 3 rings (SSSR count). The Morgan fingerprint density at radius 1 is 1.17 bits per heavy atom. The number of hydrogen-bond donors (Lipinski definition) is 2. The number of rotatable bonds is 4. The number of hydrazine groups is 1. The molecule has 1 saturated heterocycles. The standard InChI is InChI=1S/C17H18BrN5S/c18-15-8-2-1-7-14(15)16-9-5-6-13(20-16)12-19-21-17(24)22-23-10-3-4-11-23/h1-2,5-9,12H,3-4,10-11H2,(H2,21,22,24). The Bertz CT molecular complexity index is 743. The summed E-state index contributed by atoms with van der Waals surface area (Å²) in [4.78, 5) is 4.61. The number of benzene rings is 1. The largest absolute Gasteiger partial charge is 0.294 e. The molecule has 1 fully saturated rings. The van der Waals surface area contributed by atoms with E-state index in [-0.39, 0.29) is 0 Å². The second kappa shape index (κ2) is 8.32. The number of aromatic nitrogens is 1. The van der Waals surface area contributed by atoms with Crippen molar-refractivity contribution >= 4 is 39.5 Å². The van der Waals surface area contributed by atoms with Gasteiger partial charge in [-0.15, -0.1) is 0 Å². The molecule has 1 aromatic carbocycles. The molecule has 1 aliphatic heterocycles. The van der Waals surface area contributed by atoms with Crippen molar-refractivity contribution in [2.24, 2.45) is 5.10 Å². The van der Waals surface area contributed by atoms with E-state index >= 15 is 0 Å². The molecule has 2 N–H and O–H groups in total. The van der Waals surface area contributed by atoms with Crippen LogP contribution in [0.3, 0.4) is 0 Å². The molecule has 0 bridgehead atoms. The van der Waals surface area contributed by atoms with Gasteiger partial charge in [0.15, 0.2) is 0 Å². The first-order chi connectivity index (χ1) is 11.7. The van der Waals surface area contributed by atoms with Gasteiger partial charge in [0.05, 0.1) is 17.6 Å². The summed E-state index contributed by atoms with van der Waals surface area (Å²) in [6.45, 7) is 2.03. The van der Waals surface area contributed by atoms with Crippen LogP contribution < -0.4 is 10.9 Å². The number of thiocarbonyl (C=S) groups is 1. The molecule has 5 nitrogen and oxygen atoms in total. The van der Waals surface area contributed by atoms with E-state index < -0.39 is 0 Å². The zero-order valence-corrected chi connectivity index (χ0v) is 15.5. The van der Waals surface area contributed by atoms with Gasteiger partial charge in [0, 0.05) is 23.1 Å². The van der Waals surface area contributed by atoms with Crippen LogP contribution in [0.25, 0.3) is 11.3 Å². The molecule has 24 heavy (non-hydrogen) atoms. The summed E-state index contributed by atoms with van der Waals surface area (Å²) >= 11 is 8.78. The smallest absolute Gasteiger partial charge is 0.201 e. The van der Waals surface area contributed by atoms with Crippen LogP contribution in [0.1, 0.15) is 18.5 Å². The molecule has 0 atom stereocenters. The van der Waals surface area contributed by atoms with Gasteiger partial charge >= 0.3 is 0 Å². The van der Waals surface area contributed by atoms with E-state index in [0.29, 0.717) is 5.11 Å². The molecule has 0 saturated carbocycles. The van der Waals surface area contributed by atoms with Crippen molar-refractivity contribution in [3.8, 4) is 11.3 Å². The molecular weight excluding hydrogens is 386 g/mol. The van der Waals surface area contributed by atoms with E-state index in [1.165, 1.54) is 12.8 Å². The Hall–Kier alpha value is -1.83. The molecule has 7 heteroatoms. The molecule has 1 aliphatic rings. The summed E-state index contributed by atoms with van der Waals surface area (Å²) in [5.74, 6) is 0. The fraction of sp³-hybridized carbons (Fsp3) is 0.235. The lowest BCUT2D eigenvalue weighted by Gasteiger charge is -2.17. The van der Waals surface area contributed by atoms with Crippen LogP contribution in [0.15, 0.2) is 52.0 Å². The number of nitrogens with zero attached hydrogens (tertiary/aromatic N) is 3. The van der Waals surface area contributed by atoms with Crippen molar-refractivity contribution in [2.45, 2.75) is 12.8 Å². The van der Waals surface area contributed by atoms with E-state index in [4.69, 9.17) is 12.2 Å². The van der Waals surface area contributed by atoms with Crippen LogP contribution in [0, 0.1) is 0 Å². The highest BCUT2D eigenvalue weighted by Gasteiger charge is 2.11. The number of pyridine rings is 1. The van der Waals surface area contributed by atoms with Gasteiger partial charge in [0.1, 0.15) is 0 Å². The third-order valence-electron chi connectivity index (χ3n) is 3.65. The average Bonchev–Trinajstić information content (AvgIpc) is 3.08. The van der Waals surface area contributed by atoms with Crippen LogP contribution in [-0.4, -0.2) is 34.4 Å². The Morgan fingerprint density at radius 3 is 2.75 bits per heavy atom. The third-order valence-corrected chi connectivity index (χ3v) is 4.52. The van der Waals surface area contributed by atoms with E-state index in [9.17, 15) is 0 Å². The Kier molecular flexibility index (Phi) is 5.90. The quantitative estimate of drug-likeness (QED) is 0.465. The topological polar surface area (TPSA) is 52.6 Å². The van der Waals surface area contributed by atoms with Gasteiger partial charge in [-0.25, -0.2) is 9.99 Å². The predicted molar refractivity (Wildman–Crippen MR) is 105 cm³/mol. The lowest BCUT2D eigenvalue weighted by molar-refractivity contribution is 0.294. The van der Waals surface area contributed by atoms with E-state index in [2.05, 4.69) is 41.9 Å². The molecule has 0 aliphatic carbocycles. The number of nitrogens with one attached hydrogen (secondary N) is 2. The molecule has 2 aromatic rings. The SMILES string of the molecule is S=C(NN=Cc1cccc(-c2ccccc2Br)n1)NN1CCCC1. The molecule has 0 unspecified atom stereocenters. The number of halogens is 1. The molecular formula is C17H18BrN5S. The van der Waals surface area contributed by atoms with Gasteiger partial charge in [0.25, 0.3) is 0 Å². The monoisotopic (exact) mass is 403 g/mol. The fourth-order valence-corrected chi connectivity index (χ4v) is 3.17. The number of hydrazone groups is 1. The minimum atomic E-state index is 0.495. The van der Waals surface area contributed by atoms with Crippen molar-refractivity contribution in [1.29, 1.82) is 0 Å². The van der Waals surface area contributed by atoms with E-state index in [0.717, 1.165) is 34.5 Å². The van der Waals surface area contributed by atoms with Crippen molar-refractivity contribution in [2.75, 3.05) is 13.1 Å². The molecule has 1 aromatic heterocycles. The predicted octanol–water partition coefficient (Wildman–Crippen LogP) is 3.32. The zero-order chi connectivity index (χ0) is 16.8. The molecule has 0 amide bonds. The zero-order valence-electron chi connectivity index (χ0n) is 13.1. The van der Waals surface area contributed by atoms with Crippen LogP contribution in [0.4, 0.5) is 0 Å². The Labute approximate surface area is 155 Å². The van der Waals surface area contributed by atoms with Crippen LogP contribution in [0.5, 0.6) is 0 Å². The van der Waals surface area contributed by atoms with E-state index in [1.54, 1.807) is 6.21 Å². The summed E-state index contributed by atoms with van der Waals surface area (Å²) < 4.78 is 1.01. The maximum Gasteiger partial charge on any atom is 0.201 e. The maximum absolute atomic E-state index is 5.22. The first-order valence-electron chi connectivity index (χ1n) is 7.79.